The molecule has 3 heterocycles. The molecule has 32 heavy (non-hydrogen) atoms. The highest BCUT2D eigenvalue weighted by Crippen LogP contribution is 2.19. The van der Waals surface area contributed by atoms with Crippen molar-refractivity contribution in [2.24, 2.45) is 7.05 Å². The number of hydrogen-bond donors (Lipinski definition) is 2. The van der Waals surface area contributed by atoms with Gasteiger partial charge in [-0.15, -0.1) is 0 Å². The van der Waals surface area contributed by atoms with Gasteiger partial charge < -0.3 is 20.3 Å². The van der Waals surface area contributed by atoms with Gasteiger partial charge in [0.1, 0.15) is 17.3 Å². The number of aryl methyl sites for hydroxylation is 2. The second-order valence-corrected chi connectivity index (χ2v) is 7.52. The Morgan fingerprint density at radius 1 is 1.12 bits per heavy atom. The van der Waals surface area contributed by atoms with Crippen LogP contribution in [0, 0.1) is 12.7 Å². The van der Waals surface area contributed by atoms with Crippen molar-refractivity contribution in [1.29, 1.82) is 0 Å². The second-order valence-electron chi connectivity index (χ2n) is 7.52. The molecule has 4 rings (SSSR count). The number of anilines is 2. The maximum absolute atomic E-state index is 13.1. The largest absolute Gasteiger partial charge is 0.378 e. The highest BCUT2D eigenvalue weighted by Gasteiger charge is 2.15. The van der Waals surface area contributed by atoms with E-state index in [-0.39, 0.29) is 11.7 Å². The summed E-state index contributed by atoms with van der Waals surface area (Å²) in [5.41, 5.74) is 2.65. The fraction of sp³-hybridized carbons (Fsp3) is 0.364. The normalized spacial score (nSPS) is 13.8. The average molecular weight is 439 g/mol. The molecule has 0 spiro atoms. The van der Waals surface area contributed by atoms with Crippen molar-refractivity contribution >= 4 is 17.7 Å². The minimum Gasteiger partial charge on any atom is -0.378 e. The number of carbonyl (C=O) groups excluding carboxylic acids is 1. The fourth-order valence-corrected chi connectivity index (χ4v) is 3.47. The van der Waals surface area contributed by atoms with Gasteiger partial charge in [0, 0.05) is 50.6 Å². The van der Waals surface area contributed by atoms with Gasteiger partial charge in [0.2, 0.25) is 5.95 Å². The number of amides is 1. The molecule has 0 atom stereocenters. The lowest BCUT2D eigenvalue weighted by atomic mass is 10.1. The molecular formula is C22H26FN7O2. The monoisotopic (exact) mass is 439 g/mol. The number of hydrogen-bond acceptors (Lipinski definition) is 7. The number of carbonyl (C=O) groups is 1. The van der Waals surface area contributed by atoms with Crippen LogP contribution in [-0.2, 0) is 11.8 Å². The Kier molecular flexibility index (Phi) is 6.60. The van der Waals surface area contributed by atoms with Crippen LogP contribution in [0.5, 0.6) is 0 Å². The zero-order valence-corrected chi connectivity index (χ0v) is 18.1. The van der Waals surface area contributed by atoms with E-state index in [9.17, 15) is 9.18 Å². The molecule has 0 bridgehead atoms. The fourth-order valence-electron chi connectivity index (χ4n) is 3.47. The first kappa shape index (κ1) is 21.7. The molecule has 10 heteroatoms. The molecule has 2 N–H and O–H groups in total. The third-order valence-corrected chi connectivity index (χ3v) is 5.12. The minimum atomic E-state index is -0.315. The van der Waals surface area contributed by atoms with Crippen molar-refractivity contribution < 1.29 is 13.9 Å². The van der Waals surface area contributed by atoms with Crippen LogP contribution in [0.4, 0.5) is 16.2 Å². The number of ether oxygens (including phenoxy) is 1. The maximum atomic E-state index is 13.1. The van der Waals surface area contributed by atoms with Gasteiger partial charge in [0.25, 0.3) is 5.91 Å². The number of nitrogens with one attached hydrogen (secondary N) is 2. The summed E-state index contributed by atoms with van der Waals surface area (Å²) in [5, 5.41) is 10.4. The van der Waals surface area contributed by atoms with Crippen LogP contribution in [-0.4, -0.2) is 65.0 Å². The summed E-state index contributed by atoms with van der Waals surface area (Å²) in [6, 6.07) is 9.65. The Hall–Kier alpha value is -3.53. The van der Waals surface area contributed by atoms with E-state index >= 15 is 0 Å². The van der Waals surface area contributed by atoms with Crippen LogP contribution in [0.25, 0.3) is 11.3 Å². The summed E-state index contributed by atoms with van der Waals surface area (Å²) >= 11 is 0. The average Bonchev–Trinajstić information content (AvgIpc) is 3.19. The van der Waals surface area contributed by atoms with Gasteiger partial charge in [-0.2, -0.15) is 10.1 Å². The number of benzene rings is 1. The summed E-state index contributed by atoms with van der Waals surface area (Å²) in [7, 11) is 1.70. The lowest BCUT2D eigenvalue weighted by Crippen LogP contribution is -2.37. The van der Waals surface area contributed by atoms with Crippen molar-refractivity contribution in [3.05, 3.63) is 53.6 Å². The lowest BCUT2D eigenvalue weighted by Gasteiger charge is -2.28. The van der Waals surface area contributed by atoms with E-state index in [1.807, 2.05) is 13.0 Å². The minimum absolute atomic E-state index is 0.241. The molecule has 1 saturated heterocycles. The van der Waals surface area contributed by atoms with Crippen LogP contribution < -0.4 is 15.5 Å². The van der Waals surface area contributed by atoms with Crippen molar-refractivity contribution in [1.82, 2.24) is 25.1 Å². The lowest BCUT2D eigenvalue weighted by molar-refractivity contribution is 0.0945. The zero-order chi connectivity index (χ0) is 22.5. The highest BCUT2D eigenvalue weighted by molar-refractivity contribution is 5.93. The Morgan fingerprint density at radius 2 is 1.88 bits per heavy atom. The van der Waals surface area contributed by atoms with E-state index in [4.69, 9.17) is 4.74 Å². The number of aromatic nitrogens is 4. The summed E-state index contributed by atoms with van der Waals surface area (Å²) in [4.78, 5) is 23.8. The van der Waals surface area contributed by atoms with Gasteiger partial charge >= 0.3 is 0 Å². The van der Waals surface area contributed by atoms with Crippen LogP contribution in [0.2, 0.25) is 0 Å². The smallest absolute Gasteiger partial charge is 0.269 e. The first-order chi connectivity index (χ1) is 15.5. The molecule has 1 amide bonds. The number of rotatable bonds is 7. The predicted octanol–water partition coefficient (Wildman–Crippen LogP) is 2.00. The van der Waals surface area contributed by atoms with Gasteiger partial charge in [-0.1, -0.05) is 0 Å². The third-order valence-electron chi connectivity index (χ3n) is 5.12. The molecule has 1 aliphatic rings. The number of morpholine rings is 1. The van der Waals surface area contributed by atoms with Crippen molar-refractivity contribution in [3.8, 4) is 11.3 Å². The zero-order valence-electron chi connectivity index (χ0n) is 18.1. The standard InChI is InChI=1S/C22H26FN7O2/c1-15-13-20(30-9-11-32-12-10-30)27-22(26-15)25-8-7-24-21(31)19-14-18(28-29(19)2)16-3-5-17(23)6-4-16/h3-6,13-14H,7-12H2,1-2H3,(H,24,31)(H,25,26,27). The quantitative estimate of drug-likeness (QED) is 0.544. The molecule has 0 unspecified atom stereocenters. The van der Waals surface area contributed by atoms with E-state index in [0.717, 1.165) is 30.2 Å². The maximum Gasteiger partial charge on any atom is 0.269 e. The van der Waals surface area contributed by atoms with Gasteiger partial charge in [-0.05, 0) is 37.3 Å². The third kappa shape index (κ3) is 5.20. The van der Waals surface area contributed by atoms with Crippen LogP contribution >= 0.6 is 0 Å². The predicted molar refractivity (Wildman–Crippen MR) is 119 cm³/mol. The van der Waals surface area contributed by atoms with E-state index in [1.54, 1.807) is 25.2 Å². The van der Waals surface area contributed by atoms with E-state index in [2.05, 4.69) is 30.6 Å². The topological polar surface area (TPSA) is 97.2 Å². The molecule has 2 aromatic heterocycles. The summed E-state index contributed by atoms with van der Waals surface area (Å²) < 4.78 is 20.0. The Bertz CT molecular complexity index is 1080. The Balaban J connectivity index is 1.32. The van der Waals surface area contributed by atoms with E-state index in [1.165, 1.54) is 16.8 Å². The number of halogens is 1. The molecule has 0 radical (unpaired) electrons. The molecule has 1 aromatic carbocycles. The van der Waals surface area contributed by atoms with Crippen molar-refractivity contribution in [2.45, 2.75) is 6.92 Å². The Morgan fingerprint density at radius 3 is 2.62 bits per heavy atom. The van der Waals surface area contributed by atoms with Crippen LogP contribution in [0.3, 0.4) is 0 Å². The summed E-state index contributed by atoms with van der Waals surface area (Å²) in [6.45, 7) is 5.77. The molecule has 3 aromatic rings. The van der Waals surface area contributed by atoms with E-state index in [0.29, 0.717) is 43.6 Å². The van der Waals surface area contributed by atoms with Crippen LogP contribution in [0.15, 0.2) is 36.4 Å². The Labute approximate surface area is 185 Å². The molecule has 0 saturated carbocycles. The molecule has 1 fully saturated rings. The van der Waals surface area contributed by atoms with E-state index < -0.39 is 0 Å². The van der Waals surface area contributed by atoms with Crippen molar-refractivity contribution in [3.63, 3.8) is 0 Å². The van der Waals surface area contributed by atoms with Crippen molar-refractivity contribution in [2.75, 3.05) is 49.6 Å². The molecular weight excluding hydrogens is 413 g/mol. The molecule has 1 aliphatic heterocycles. The SMILES string of the molecule is Cc1cc(N2CCOCC2)nc(NCCNC(=O)c2cc(-c3ccc(F)cc3)nn2C)n1. The van der Waals surface area contributed by atoms with Gasteiger partial charge in [-0.3, -0.25) is 9.48 Å². The second kappa shape index (κ2) is 9.73. The first-order valence-corrected chi connectivity index (χ1v) is 10.5. The van der Waals surface area contributed by atoms with Gasteiger partial charge in [-0.25, -0.2) is 9.37 Å². The van der Waals surface area contributed by atoms with Gasteiger partial charge in [0.15, 0.2) is 0 Å². The highest BCUT2D eigenvalue weighted by atomic mass is 19.1. The van der Waals surface area contributed by atoms with Gasteiger partial charge in [0.05, 0.1) is 18.9 Å². The molecule has 168 valence electrons. The molecule has 9 nitrogen and oxygen atoms in total. The number of nitrogens with zero attached hydrogens (tertiary/aromatic N) is 5. The molecule has 0 aliphatic carbocycles. The summed E-state index contributed by atoms with van der Waals surface area (Å²) in [5.74, 6) is 0.842. The first-order valence-electron chi connectivity index (χ1n) is 10.5. The summed E-state index contributed by atoms with van der Waals surface area (Å²) in [6.07, 6.45) is 0. The van der Waals surface area contributed by atoms with Crippen LogP contribution in [0.1, 0.15) is 16.2 Å².